The molecule has 0 heterocycles. The summed E-state index contributed by atoms with van der Waals surface area (Å²) in [5, 5.41) is 2.54. The molecule has 0 aliphatic heterocycles. The molecule has 0 spiro atoms. The molecule has 0 aliphatic carbocycles. The Morgan fingerprint density at radius 1 is 0.812 bits per heavy atom. The van der Waals surface area contributed by atoms with Gasteiger partial charge < -0.3 is 14.8 Å². The molecule has 0 aromatic heterocycles. The Morgan fingerprint density at radius 2 is 1.34 bits per heavy atom. The highest BCUT2D eigenvalue weighted by Gasteiger charge is 2.31. The maximum atomic E-state index is 12.5. The minimum Gasteiger partial charge on any atom is -0.497 e. The molecule has 0 saturated heterocycles. The van der Waals surface area contributed by atoms with Gasteiger partial charge in [0.2, 0.25) is 0 Å². The molecule has 0 radical (unpaired) electrons. The molecular weight excluding hydrogens is 449 g/mol. The topological polar surface area (TPSA) is 93.7 Å². The SMILES string of the molecule is COc1ccc(NS(=O)(=O)c2ccc(NC(=O)c3ccc(OC(F)(F)F)cc3)cc2)cc1. The van der Waals surface area contributed by atoms with E-state index in [0.717, 1.165) is 12.1 Å². The highest BCUT2D eigenvalue weighted by Crippen LogP contribution is 2.24. The fraction of sp³-hybridized carbons (Fsp3) is 0.0952. The van der Waals surface area contributed by atoms with Crippen molar-refractivity contribution < 1.29 is 35.9 Å². The van der Waals surface area contributed by atoms with Crippen molar-refractivity contribution in [3.8, 4) is 11.5 Å². The molecule has 7 nitrogen and oxygen atoms in total. The van der Waals surface area contributed by atoms with E-state index >= 15 is 0 Å². The van der Waals surface area contributed by atoms with Crippen LogP contribution in [0.4, 0.5) is 24.5 Å². The summed E-state index contributed by atoms with van der Waals surface area (Å²) in [6.07, 6.45) is -4.83. The molecule has 0 fully saturated rings. The molecule has 3 rings (SSSR count). The van der Waals surface area contributed by atoms with E-state index in [9.17, 15) is 26.4 Å². The first-order chi connectivity index (χ1) is 15.1. The van der Waals surface area contributed by atoms with Crippen molar-refractivity contribution in [1.29, 1.82) is 0 Å². The van der Waals surface area contributed by atoms with Crippen molar-refractivity contribution in [1.82, 2.24) is 0 Å². The number of nitrogens with one attached hydrogen (secondary N) is 2. The number of methoxy groups -OCH3 is 1. The summed E-state index contributed by atoms with van der Waals surface area (Å²) < 4.78 is 72.9. The first-order valence-corrected chi connectivity index (χ1v) is 10.5. The fourth-order valence-electron chi connectivity index (χ4n) is 2.60. The largest absolute Gasteiger partial charge is 0.573 e. The van der Waals surface area contributed by atoms with Crippen LogP contribution in [-0.4, -0.2) is 27.8 Å². The molecule has 3 aromatic carbocycles. The number of alkyl halides is 3. The second kappa shape index (κ2) is 9.18. The van der Waals surface area contributed by atoms with Crippen LogP contribution >= 0.6 is 0 Å². The number of amides is 1. The van der Waals surface area contributed by atoms with Gasteiger partial charge in [0.15, 0.2) is 0 Å². The number of hydrogen-bond acceptors (Lipinski definition) is 5. The van der Waals surface area contributed by atoms with Crippen molar-refractivity contribution in [3.05, 3.63) is 78.4 Å². The number of carbonyl (C=O) groups excluding carboxylic acids is 1. The van der Waals surface area contributed by atoms with Gasteiger partial charge in [0.1, 0.15) is 11.5 Å². The molecule has 11 heteroatoms. The van der Waals surface area contributed by atoms with Crippen LogP contribution in [0, 0.1) is 0 Å². The molecule has 0 aliphatic rings. The van der Waals surface area contributed by atoms with Gasteiger partial charge in [-0.05, 0) is 72.8 Å². The van der Waals surface area contributed by atoms with Gasteiger partial charge in [0.05, 0.1) is 12.0 Å². The standard InChI is InChI=1S/C21H17F3N2O5S/c1-30-17-10-4-16(5-11-17)26-32(28,29)19-12-6-15(7-13-19)25-20(27)14-2-8-18(9-3-14)31-21(22,23)24/h2-13,26H,1H3,(H,25,27). The lowest BCUT2D eigenvalue weighted by atomic mass is 10.2. The molecule has 0 saturated carbocycles. The normalized spacial score (nSPS) is 11.5. The zero-order valence-corrected chi connectivity index (χ0v) is 17.3. The van der Waals surface area contributed by atoms with E-state index in [1.165, 1.54) is 43.5 Å². The molecule has 0 unspecified atom stereocenters. The number of ether oxygens (including phenoxy) is 2. The quantitative estimate of drug-likeness (QED) is 0.529. The predicted octanol–water partition coefficient (Wildman–Crippen LogP) is 4.65. The first-order valence-electron chi connectivity index (χ1n) is 9.00. The number of rotatable bonds is 7. The van der Waals surface area contributed by atoms with E-state index in [2.05, 4.69) is 14.8 Å². The van der Waals surface area contributed by atoms with Gasteiger partial charge in [-0.15, -0.1) is 13.2 Å². The lowest BCUT2D eigenvalue weighted by Crippen LogP contribution is -2.17. The van der Waals surface area contributed by atoms with Crippen molar-refractivity contribution in [2.24, 2.45) is 0 Å². The van der Waals surface area contributed by atoms with Crippen LogP contribution in [0.5, 0.6) is 11.5 Å². The maximum Gasteiger partial charge on any atom is 0.573 e. The second-order valence-electron chi connectivity index (χ2n) is 6.38. The molecular formula is C21H17F3N2O5S. The number of anilines is 2. The number of hydrogen-bond donors (Lipinski definition) is 2. The maximum absolute atomic E-state index is 12.5. The van der Waals surface area contributed by atoms with Crippen molar-refractivity contribution in [2.75, 3.05) is 17.1 Å². The van der Waals surface area contributed by atoms with E-state index in [1.54, 1.807) is 24.3 Å². The lowest BCUT2D eigenvalue weighted by Gasteiger charge is -2.11. The van der Waals surface area contributed by atoms with Gasteiger partial charge in [-0.1, -0.05) is 0 Å². The third-order valence-electron chi connectivity index (χ3n) is 4.11. The number of benzene rings is 3. The molecule has 3 aromatic rings. The molecule has 1 amide bonds. The summed E-state index contributed by atoms with van der Waals surface area (Å²) in [4.78, 5) is 12.2. The van der Waals surface area contributed by atoms with Crippen molar-refractivity contribution in [3.63, 3.8) is 0 Å². The van der Waals surface area contributed by atoms with E-state index < -0.39 is 28.0 Å². The average Bonchev–Trinajstić information content (AvgIpc) is 2.74. The summed E-state index contributed by atoms with van der Waals surface area (Å²) in [6, 6.07) is 16.1. The zero-order chi connectivity index (χ0) is 23.4. The van der Waals surface area contributed by atoms with E-state index in [-0.39, 0.29) is 10.5 Å². The van der Waals surface area contributed by atoms with Crippen molar-refractivity contribution >= 4 is 27.3 Å². The van der Waals surface area contributed by atoms with Crippen LogP contribution in [0.25, 0.3) is 0 Å². The Kier molecular flexibility index (Phi) is 6.58. The van der Waals surface area contributed by atoms with Gasteiger partial charge in [-0.3, -0.25) is 9.52 Å². The van der Waals surface area contributed by atoms with Crippen LogP contribution in [0.2, 0.25) is 0 Å². The van der Waals surface area contributed by atoms with Gasteiger partial charge >= 0.3 is 6.36 Å². The minimum absolute atomic E-state index is 0.0278. The molecule has 0 bridgehead atoms. The van der Waals surface area contributed by atoms with E-state index in [4.69, 9.17) is 4.74 Å². The van der Waals surface area contributed by atoms with Gasteiger partial charge in [-0.2, -0.15) is 0 Å². The Balaban J connectivity index is 1.65. The summed E-state index contributed by atoms with van der Waals surface area (Å²) in [5.74, 6) is -0.459. The molecule has 2 N–H and O–H groups in total. The Morgan fingerprint density at radius 3 is 1.88 bits per heavy atom. The number of halogens is 3. The van der Waals surface area contributed by atoms with Crippen LogP contribution < -0.4 is 19.5 Å². The van der Waals surface area contributed by atoms with Crippen molar-refractivity contribution in [2.45, 2.75) is 11.3 Å². The summed E-state index contributed by atoms with van der Waals surface area (Å²) in [7, 11) is -2.36. The van der Waals surface area contributed by atoms with Crippen LogP contribution in [-0.2, 0) is 10.0 Å². The minimum atomic E-state index is -4.83. The first kappa shape index (κ1) is 22.9. The van der Waals surface area contributed by atoms with Gasteiger partial charge in [0.25, 0.3) is 15.9 Å². The van der Waals surface area contributed by atoms with E-state index in [0.29, 0.717) is 17.1 Å². The summed E-state index contributed by atoms with van der Waals surface area (Å²) in [6.45, 7) is 0. The van der Waals surface area contributed by atoms with Gasteiger partial charge in [0, 0.05) is 16.9 Å². The third kappa shape index (κ3) is 6.14. The third-order valence-corrected chi connectivity index (χ3v) is 5.51. The molecule has 0 atom stereocenters. The van der Waals surface area contributed by atoms with Gasteiger partial charge in [-0.25, -0.2) is 8.42 Å². The molecule has 168 valence electrons. The smallest absolute Gasteiger partial charge is 0.497 e. The summed E-state index contributed by atoms with van der Waals surface area (Å²) in [5.41, 5.74) is 0.743. The Labute approximate surface area is 181 Å². The Bertz CT molecular complexity index is 1180. The van der Waals surface area contributed by atoms with E-state index in [1.807, 2.05) is 0 Å². The average molecular weight is 466 g/mol. The fourth-order valence-corrected chi connectivity index (χ4v) is 3.66. The highest BCUT2D eigenvalue weighted by atomic mass is 32.2. The summed E-state index contributed by atoms with van der Waals surface area (Å²) >= 11 is 0. The second-order valence-corrected chi connectivity index (χ2v) is 8.07. The van der Waals surface area contributed by atoms with Crippen LogP contribution in [0.15, 0.2) is 77.7 Å². The zero-order valence-electron chi connectivity index (χ0n) is 16.5. The predicted molar refractivity (Wildman–Crippen MR) is 111 cm³/mol. The monoisotopic (exact) mass is 466 g/mol. The van der Waals surface area contributed by atoms with Crippen LogP contribution in [0.1, 0.15) is 10.4 Å². The highest BCUT2D eigenvalue weighted by molar-refractivity contribution is 7.92. The Hall–Kier alpha value is -3.73. The molecule has 32 heavy (non-hydrogen) atoms. The van der Waals surface area contributed by atoms with Crippen LogP contribution in [0.3, 0.4) is 0 Å². The lowest BCUT2D eigenvalue weighted by molar-refractivity contribution is -0.274. The number of carbonyl (C=O) groups is 1. The number of sulfonamides is 1.